The van der Waals surface area contributed by atoms with Crippen molar-refractivity contribution in [1.82, 2.24) is 0 Å². The zero-order valence-corrected chi connectivity index (χ0v) is 80.8. The van der Waals surface area contributed by atoms with Crippen molar-refractivity contribution in [3.8, 4) is 23.0 Å². The van der Waals surface area contributed by atoms with Crippen LogP contribution in [0.2, 0.25) is 95.6 Å². The maximum atomic E-state index is 11.8. The Morgan fingerprint density at radius 2 is 0.505 bits per heavy atom. The van der Waals surface area contributed by atoms with Gasteiger partial charge in [0.1, 0.15) is 0 Å². The Labute approximate surface area is 669 Å². The summed E-state index contributed by atoms with van der Waals surface area (Å²) in [5.74, 6) is 3.34. The molecule has 4 aromatic carbocycles. The van der Waals surface area contributed by atoms with Crippen LogP contribution in [-0.2, 0) is 14.9 Å². The molecule has 0 bridgehead atoms. The van der Waals surface area contributed by atoms with Gasteiger partial charge in [0, 0.05) is 0 Å². The van der Waals surface area contributed by atoms with E-state index in [1.165, 1.54) is 89.1 Å². The number of hydrogen-bond acceptors (Lipinski definition) is 4. The predicted octanol–water partition coefficient (Wildman–Crippen LogP) is 29.0. The molecule has 8 atom stereocenters. The quantitative estimate of drug-likeness (QED) is 0.118. The van der Waals surface area contributed by atoms with E-state index in [0.717, 1.165) is 35.1 Å². The first-order valence-corrected chi connectivity index (χ1v) is 67.6. The summed E-state index contributed by atoms with van der Waals surface area (Å²) in [6.45, 7) is 62.0. The van der Waals surface area contributed by atoms with E-state index in [1.807, 2.05) is 0 Å². The maximum absolute atomic E-state index is 11.8. The van der Waals surface area contributed by atoms with Crippen molar-refractivity contribution in [2.24, 2.45) is 0 Å². The first-order chi connectivity index (χ1) is 50.7. The first-order valence-electron chi connectivity index (χ1n) is 40.8. The van der Waals surface area contributed by atoms with Crippen LogP contribution < -0.4 is 17.7 Å². The molecule has 0 aromatic heterocycles. The Balaban J connectivity index is 1.11. The average Bonchev–Trinajstić information content (AvgIpc) is 1.50. The van der Waals surface area contributed by atoms with Gasteiger partial charge in [0.25, 0.3) is 0 Å². The van der Waals surface area contributed by atoms with Crippen LogP contribution in [0.5, 0.6) is 23.0 Å². The topological polar surface area (TPSA) is 36.9 Å². The van der Waals surface area contributed by atoms with Gasteiger partial charge in [0.15, 0.2) is 0 Å². The average molecular weight is 1670 g/mol. The van der Waals surface area contributed by atoms with Crippen molar-refractivity contribution < 1.29 is 32.6 Å². The molecule has 4 nitrogen and oxygen atoms in total. The molecule has 2 heterocycles. The minimum absolute atomic E-state index is 0.0473. The molecule has 8 unspecified atom stereocenters. The second-order valence-corrected chi connectivity index (χ2v) is 99.8. The summed E-state index contributed by atoms with van der Waals surface area (Å²) >= 11 is -7.85. The Hall–Kier alpha value is -5.32. The molecule has 109 heavy (non-hydrogen) atoms. The Kier molecular flexibility index (Phi) is 19.2. The van der Waals surface area contributed by atoms with E-state index in [1.54, 1.807) is 0 Å². The zero-order chi connectivity index (χ0) is 79.1. The molecule has 14 rings (SSSR count). The molecule has 13 heteroatoms. The number of hydrogen-bond donors (Lipinski definition) is 0. The van der Waals surface area contributed by atoms with E-state index >= 15 is 0 Å². The summed E-state index contributed by atoms with van der Waals surface area (Å²) in [5.41, 5.74) is 21.3. The molecule has 574 valence electrons. The van der Waals surface area contributed by atoms with Gasteiger partial charge in [-0.3, -0.25) is 0 Å². The predicted molar refractivity (Wildman–Crippen MR) is 482 cm³/mol. The third-order valence-corrected chi connectivity index (χ3v) is 132. The summed E-state index contributed by atoms with van der Waals surface area (Å²) in [7, 11) is 9.60. The van der Waals surface area contributed by atoms with Crippen LogP contribution in [0.25, 0.3) is 0 Å². The van der Waals surface area contributed by atoms with Crippen LogP contribution in [0.3, 0.4) is 0 Å². The van der Waals surface area contributed by atoms with Crippen molar-refractivity contribution in [2.45, 2.75) is 244 Å². The van der Waals surface area contributed by atoms with Gasteiger partial charge >= 0.3 is 675 Å². The van der Waals surface area contributed by atoms with Crippen molar-refractivity contribution in [2.75, 3.05) is 0 Å². The number of rotatable bonds is 14. The molecule has 10 aliphatic rings. The van der Waals surface area contributed by atoms with Crippen molar-refractivity contribution in [3.05, 3.63) is 308 Å². The van der Waals surface area contributed by atoms with Crippen LogP contribution in [0.1, 0.15) is 171 Å². The van der Waals surface area contributed by atoms with E-state index in [2.05, 4.69) is 396 Å². The normalized spacial score (nSPS) is 29.8. The summed E-state index contributed by atoms with van der Waals surface area (Å²) in [5, 5.41) is 0.189. The molecular weight excluding hydrogens is 1550 g/mol. The van der Waals surface area contributed by atoms with Gasteiger partial charge in [-0.25, -0.2) is 0 Å². The molecule has 8 aliphatic carbocycles. The molecule has 0 amide bonds. The van der Waals surface area contributed by atoms with Crippen molar-refractivity contribution >= 4 is 67.9 Å². The summed E-state index contributed by atoms with van der Waals surface area (Å²) < 4.78 is 25.2. The minimum atomic E-state index is -7.85. The summed E-state index contributed by atoms with van der Waals surface area (Å²) in [6, 6.07) is 38.8. The van der Waals surface area contributed by atoms with Gasteiger partial charge in [0.2, 0.25) is 0 Å². The van der Waals surface area contributed by atoms with Crippen LogP contribution in [0, 0.1) is 0 Å². The second-order valence-electron chi connectivity index (χ2n) is 40.1. The molecule has 2 saturated heterocycles. The number of halogens is 2. The monoisotopic (exact) mass is 1670 g/mol. The Morgan fingerprint density at radius 3 is 0.670 bits per heavy atom. The van der Waals surface area contributed by atoms with Gasteiger partial charge in [-0.2, -0.15) is 0 Å². The van der Waals surface area contributed by atoms with E-state index in [4.69, 9.17) is 17.7 Å². The fraction of sp³-hybridized carbons (Fsp3) is 0.417. The zero-order valence-electron chi connectivity index (χ0n) is 70.6. The number of allylic oxidation sites excluding steroid dienone is 32. The van der Waals surface area contributed by atoms with Crippen molar-refractivity contribution in [3.63, 3.8) is 0 Å². The molecule has 5 spiro atoms. The summed E-state index contributed by atoms with van der Waals surface area (Å²) in [6.07, 6.45) is 49.9. The molecule has 2 aliphatic heterocycles. The van der Waals surface area contributed by atoms with Gasteiger partial charge in [-0.05, 0) is 0 Å². The molecule has 0 saturated carbocycles. The van der Waals surface area contributed by atoms with Crippen LogP contribution in [-0.4, -0.2) is 50.9 Å². The fourth-order valence-electron chi connectivity index (χ4n) is 23.1. The van der Waals surface area contributed by atoms with E-state index < -0.39 is 76.8 Å². The molecule has 0 N–H and O–H groups in total. The van der Waals surface area contributed by atoms with Crippen LogP contribution >= 0.6 is 17.0 Å². The molecule has 2 fully saturated rings. The van der Waals surface area contributed by atoms with Gasteiger partial charge < -0.3 is 0 Å². The third kappa shape index (κ3) is 10.2. The summed E-state index contributed by atoms with van der Waals surface area (Å²) in [4.78, 5) is 0. The van der Waals surface area contributed by atoms with Gasteiger partial charge in [0.05, 0.1) is 0 Å². The van der Waals surface area contributed by atoms with Gasteiger partial charge in [-0.15, -0.1) is 0 Å². The second kappa shape index (κ2) is 26.1. The van der Waals surface area contributed by atoms with E-state index in [-0.39, 0.29) is 43.8 Å². The molecule has 4 aromatic rings. The Morgan fingerprint density at radius 1 is 0.321 bits per heavy atom. The van der Waals surface area contributed by atoms with E-state index in [0.29, 0.717) is 0 Å². The molecular formula is C96H124Cl2O4Si6Zr. The fourth-order valence-corrected chi connectivity index (χ4v) is 148. The number of fused-ring (bicyclic) bond motifs is 8. The SMILES string of the molecule is CC[SiH]1[C]2(C(C)=CC3=C2C=CC=CC3c2ccc(O[Si](C)(C)C(C)(C)C)cc2)[Zr]2([Cl])([Cl])([C]13C(C)=CC1=C3C=CC=CC1c1ccc(O[Si](C)(C)C(C)(C)C)cc1)[C]1(C(C)=CC3=C1C=CC=CC3c1ccc(O[Si](C)(C)C(C)(C)C)cc1)[SiH](CC)[C]21C(C)=CC2=C1C=CC=CC2c1ccc(O[Si](C)(C)C(C)(C)C)cc1. The van der Waals surface area contributed by atoms with Crippen LogP contribution in [0.15, 0.2) is 285 Å². The van der Waals surface area contributed by atoms with Crippen molar-refractivity contribution in [1.29, 1.82) is 0 Å². The van der Waals surface area contributed by atoms with Crippen LogP contribution in [0.4, 0.5) is 0 Å². The molecule has 0 radical (unpaired) electrons. The van der Waals surface area contributed by atoms with E-state index in [9.17, 15) is 17.0 Å². The standard InChI is InChI=1S/2C48H62O2Si3.2ClH.Zr/c2*1-14-51(45-33(2)31-43-39(19-15-17-21-41(43)45)35-23-27-37(28-24-35)49-52(10,11)47(4,5)6)46-34(3)32-44-40(20-16-18-22-42(44)46)36-25-29-38(30-26-36)50-53(12,13)48(7,8)9;;;/h2*15-32,39-40,51H,14H2,1-13H3;2*1H;/q;;;;+2/p-2. The van der Waals surface area contributed by atoms with Gasteiger partial charge in [-0.1, -0.05) is 0 Å². The number of benzene rings is 4. The Bertz CT molecular complexity index is 4380. The first kappa shape index (κ1) is 80.3. The third-order valence-electron chi connectivity index (χ3n) is 31.1.